The van der Waals surface area contributed by atoms with Crippen molar-refractivity contribution in [1.82, 2.24) is 10.6 Å². The summed E-state index contributed by atoms with van der Waals surface area (Å²) < 4.78 is 5.29. The van der Waals surface area contributed by atoms with Gasteiger partial charge in [0.05, 0.1) is 6.04 Å². The van der Waals surface area contributed by atoms with Gasteiger partial charge in [-0.3, -0.25) is 4.99 Å². The Morgan fingerprint density at radius 3 is 2.48 bits per heavy atom. The normalized spacial score (nSPS) is 17.5. The van der Waals surface area contributed by atoms with E-state index >= 15 is 0 Å². The number of rotatable bonds is 6. The lowest BCUT2D eigenvalue weighted by Gasteiger charge is -2.24. The van der Waals surface area contributed by atoms with E-state index < -0.39 is 5.60 Å². The Balaban J connectivity index is 2.40. The number of guanidine groups is 1. The highest BCUT2D eigenvalue weighted by Crippen LogP contribution is 2.32. The van der Waals surface area contributed by atoms with E-state index in [4.69, 9.17) is 10.5 Å². The van der Waals surface area contributed by atoms with Crippen LogP contribution in [0.5, 0.6) is 0 Å². The number of ether oxygens (including phenoxy) is 1. The SMILES string of the molecule is CC(C)CN=C(N)NCC(NC(=O)OC(C)(C)C)C1CC1. The summed E-state index contributed by atoms with van der Waals surface area (Å²) >= 11 is 0. The van der Waals surface area contributed by atoms with Gasteiger partial charge in [0.1, 0.15) is 5.60 Å². The zero-order chi connectivity index (χ0) is 16.0. The lowest BCUT2D eigenvalue weighted by molar-refractivity contribution is 0.0498. The van der Waals surface area contributed by atoms with Crippen LogP contribution in [-0.4, -0.2) is 36.8 Å². The number of nitrogens with two attached hydrogens (primary N) is 1. The Kier molecular flexibility index (Phi) is 6.30. The van der Waals surface area contributed by atoms with E-state index in [2.05, 4.69) is 29.5 Å². The summed E-state index contributed by atoms with van der Waals surface area (Å²) in [5.74, 6) is 1.41. The largest absolute Gasteiger partial charge is 0.444 e. The maximum atomic E-state index is 11.8. The minimum Gasteiger partial charge on any atom is -0.444 e. The highest BCUT2D eigenvalue weighted by molar-refractivity contribution is 5.78. The van der Waals surface area contributed by atoms with E-state index in [1.807, 2.05) is 20.8 Å². The zero-order valence-corrected chi connectivity index (χ0v) is 13.9. The second-order valence-corrected chi connectivity index (χ2v) is 7.09. The van der Waals surface area contributed by atoms with Crippen LogP contribution in [-0.2, 0) is 4.74 Å². The van der Waals surface area contributed by atoms with Crippen LogP contribution in [0, 0.1) is 11.8 Å². The monoisotopic (exact) mass is 298 g/mol. The maximum absolute atomic E-state index is 11.8. The number of carbonyl (C=O) groups excluding carboxylic acids is 1. The van der Waals surface area contributed by atoms with Crippen molar-refractivity contribution in [3.8, 4) is 0 Å². The van der Waals surface area contributed by atoms with Gasteiger partial charge >= 0.3 is 6.09 Å². The average molecular weight is 298 g/mol. The number of nitrogens with one attached hydrogen (secondary N) is 2. The number of hydrogen-bond acceptors (Lipinski definition) is 3. The van der Waals surface area contributed by atoms with Gasteiger partial charge in [0, 0.05) is 13.1 Å². The van der Waals surface area contributed by atoms with E-state index in [-0.39, 0.29) is 12.1 Å². The first-order chi connectivity index (χ1) is 9.67. The van der Waals surface area contributed by atoms with Gasteiger partial charge < -0.3 is 21.1 Å². The van der Waals surface area contributed by atoms with Gasteiger partial charge in [-0.1, -0.05) is 13.8 Å². The number of amides is 1. The standard InChI is InChI=1S/C15H30N4O2/c1-10(2)8-17-13(16)18-9-12(11-6-7-11)19-14(20)21-15(3,4)5/h10-12H,6-9H2,1-5H3,(H,19,20)(H3,16,17,18). The summed E-state index contributed by atoms with van der Waals surface area (Å²) in [6.45, 7) is 11.0. The van der Waals surface area contributed by atoms with E-state index in [0.29, 0.717) is 30.9 Å². The zero-order valence-electron chi connectivity index (χ0n) is 13.9. The lowest BCUT2D eigenvalue weighted by atomic mass is 10.2. The third-order valence-corrected chi connectivity index (χ3v) is 3.02. The molecule has 0 aliphatic heterocycles. The van der Waals surface area contributed by atoms with Crippen molar-refractivity contribution in [2.24, 2.45) is 22.6 Å². The molecule has 1 amide bonds. The van der Waals surface area contributed by atoms with Crippen molar-refractivity contribution in [2.75, 3.05) is 13.1 Å². The molecule has 0 aromatic carbocycles. The second kappa shape index (κ2) is 7.52. The fourth-order valence-electron chi connectivity index (χ4n) is 1.84. The molecule has 0 saturated heterocycles. The Morgan fingerprint density at radius 2 is 2.00 bits per heavy atom. The molecule has 1 aliphatic carbocycles. The Labute approximate surface area is 127 Å². The number of alkyl carbamates (subject to hydrolysis) is 1. The molecular formula is C15H30N4O2. The van der Waals surface area contributed by atoms with E-state index in [0.717, 1.165) is 12.8 Å². The van der Waals surface area contributed by atoms with Crippen LogP contribution in [0.4, 0.5) is 4.79 Å². The predicted octanol–water partition coefficient (Wildman–Crippen LogP) is 1.85. The molecule has 4 N–H and O–H groups in total. The van der Waals surface area contributed by atoms with Gasteiger partial charge in [-0.2, -0.15) is 0 Å². The first-order valence-corrected chi connectivity index (χ1v) is 7.70. The first-order valence-electron chi connectivity index (χ1n) is 7.70. The van der Waals surface area contributed by atoms with Crippen molar-refractivity contribution in [3.63, 3.8) is 0 Å². The summed E-state index contributed by atoms with van der Waals surface area (Å²) in [6.07, 6.45) is 1.88. The molecule has 6 nitrogen and oxygen atoms in total. The molecule has 0 aromatic heterocycles. The molecule has 1 fully saturated rings. The van der Waals surface area contributed by atoms with Crippen LogP contribution in [0.1, 0.15) is 47.5 Å². The van der Waals surface area contributed by atoms with E-state index in [1.54, 1.807) is 0 Å². The number of nitrogens with zero attached hydrogens (tertiary/aromatic N) is 1. The minimum atomic E-state index is -0.483. The molecule has 0 bridgehead atoms. The summed E-state index contributed by atoms with van der Waals surface area (Å²) in [5, 5.41) is 6.01. The summed E-state index contributed by atoms with van der Waals surface area (Å²) in [7, 11) is 0. The highest BCUT2D eigenvalue weighted by Gasteiger charge is 2.33. The van der Waals surface area contributed by atoms with Crippen LogP contribution >= 0.6 is 0 Å². The van der Waals surface area contributed by atoms with Crippen LogP contribution in [0.15, 0.2) is 4.99 Å². The quantitative estimate of drug-likeness (QED) is 0.516. The molecule has 122 valence electrons. The average Bonchev–Trinajstić information content (AvgIpc) is 3.13. The van der Waals surface area contributed by atoms with Gasteiger partial charge in [-0.05, 0) is 45.4 Å². The molecule has 1 saturated carbocycles. The third kappa shape index (κ3) is 8.42. The number of hydrogen-bond donors (Lipinski definition) is 3. The molecule has 1 atom stereocenters. The van der Waals surface area contributed by atoms with Gasteiger partial charge in [0.25, 0.3) is 0 Å². The summed E-state index contributed by atoms with van der Waals surface area (Å²) in [5.41, 5.74) is 5.34. The molecule has 1 rings (SSSR count). The van der Waals surface area contributed by atoms with Gasteiger partial charge in [-0.25, -0.2) is 4.79 Å². The summed E-state index contributed by atoms with van der Waals surface area (Å²) in [6, 6.07) is 0.0349. The smallest absolute Gasteiger partial charge is 0.407 e. The van der Waals surface area contributed by atoms with Crippen molar-refractivity contribution < 1.29 is 9.53 Å². The Morgan fingerprint density at radius 1 is 1.38 bits per heavy atom. The van der Waals surface area contributed by atoms with Crippen molar-refractivity contribution in [3.05, 3.63) is 0 Å². The fraction of sp³-hybridized carbons (Fsp3) is 0.867. The molecule has 1 aliphatic rings. The molecule has 0 aromatic rings. The van der Waals surface area contributed by atoms with E-state index in [1.165, 1.54) is 0 Å². The van der Waals surface area contributed by atoms with Crippen LogP contribution in [0.2, 0.25) is 0 Å². The van der Waals surface area contributed by atoms with Crippen LogP contribution < -0.4 is 16.4 Å². The first kappa shape index (κ1) is 17.6. The minimum absolute atomic E-state index is 0.0349. The molecule has 0 radical (unpaired) electrons. The predicted molar refractivity (Wildman–Crippen MR) is 85.2 cm³/mol. The number of aliphatic imine (C=N–C) groups is 1. The van der Waals surface area contributed by atoms with E-state index in [9.17, 15) is 4.79 Å². The van der Waals surface area contributed by atoms with Gasteiger partial charge in [-0.15, -0.1) is 0 Å². The summed E-state index contributed by atoms with van der Waals surface area (Å²) in [4.78, 5) is 16.1. The third-order valence-electron chi connectivity index (χ3n) is 3.02. The number of carbonyl (C=O) groups is 1. The Hall–Kier alpha value is -1.46. The molecule has 0 spiro atoms. The fourth-order valence-corrected chi connectivity index (χ4v) is 1.84. The molecule has 1 unspecified atom stereocenters. The second-order valence-electron chi connectivity index (χ2n) is 7.09. The topological polar surface area (TPSA) is 88.7 Å². The van der Waals surface area contributed by atoms with Crippen LogP contribution in [0.3, 0.4) is 0 Å². The van der Waals surface area contributed by atoms with Crippen LogP contribution in [0.25, 0.3) is 0 Å². The molecular weight excluding hydrogens is 268 g/mol. The highest BCUT2D eigenvalue weighted by atomic mass is 16.6. The van der Waals surface area contributed by atoms with Crippen molar-refractivity contribution in [1.29, 1.82) is 0 Å². The Bertz CT molecular complexity index is 370. The maximum Gasteiger partial charge on any atom is 0.407 e. The van der Waals surface area contributed by atoms with Crippen molar-refractivity contribution >= 4 is 12.1 Å². The molecule has 21 heavy (non-hydrogen) atoms. The van der Waals surface area contributed by atoms with Crippen molar-refractivity contribution in [2.45, 2.75) is 59.1 Å². The molecule has 0 heterocycles. The molecule has 6 heteroatoms. The van der Waals surface area contributed by atoms with Gasteiger partial charge in [0.2, 0.25) is 0 Å². The van der Waals surface area contributed by atoms with Gasteiger partial charge in [0.15, 0.2) is 5.96 Å². The lowest BCUT2D eigenvalue weighted by Crippen LogP contribution is -2.48.